The van der Waals surface area contributed by atoms with Crippen LogP contribution in [0.25, 0.3) is 0 Å². The molecule has 0 heterocycles. The highest BCUT2D eigenvalue weighted by atomic mass is 79.9. The van der Waals surface area contributed by atoms with Crippen LogP contribution < -0.4 is 14.8 Å². The van der Waals surface area contributed by atoms with Gasteiger partial charge in [-0.15, -0.1) is 0 Å². The van der Waals surface area contributed by atoms with Crippen LogP contribution in [0.2, 0.25) is 0 Å². The molecule has 0 saturated heterocycles. The maximum Gasteiger partial charge on any atom is 0.232 e. The second-order valence-corrected chi connectivity index (χ2v) is 6.83. The second kappa shape index (κ2) is 7.72. The fraction of sp³-hybridized carbons (Fsp3) is 0.500. The van der Waals surface area contributed by atoms with Crippen LogP contribution in [-0.4, -0.2) is 34.9 Å². The lowest BCUT2D eigenvalue weighted by Gasteiger charge is -2.12. The van der Waals surface area contributed by atoms with E-state index in [0.717, 1.165) is 17.4 Å². The third-order valence-corrected chi connectivity index (χ3v) is 4.37. The highest BCUT2D eigenvalue weighted by Crippen LogP contribution is 2.28. The van der Waals surface area contributed by atoms with Crippen molar-refractivity contribution < 1.29 is 13.2 Å². The Kier molecular flexibility index (Phi) is 6.60. The third kappa shape index (κ3) is 5.80. The van der Waals surface area contributed by atoms with Gasteiger partial charge in [0.2, 0.25) is 10.0 Å². The quantitative estimate of drug-likeness (QED) is 0.705. The van der Waals surface area contributed by atoms with Crippen LogP contribution >= 0.6 is 15.9 Å². The molecule has 0 bridgehead atoms. The molecule has 0 radical (unpaired) electrons. The van der Waals surface area contributed by atoms with E-state index in [1.807, 2.05) is 7.05 Å². The summed E-state index contributed by atoms with van der Waals surface area (Å²) in [5.74, 6) is 0.603. The Morgan fingerprint density at radius 2 is 2.05 bits per heavy atom. The van der Waals surface area contributed by atoms with Gasteiger partial charge in [-0.05, 0) is 44.6 Å². The van der Waals surface area contributed by atoms with Gasteiger partial charge in [0.15, 0.2) is 0 Å². The maximum atomic E-state index is 11.9. The summed E-state index contributed by atoms with van der Waals surface area (Å²) < 4.78 is 32.4. The first-order valence-electron chi connectivity index (χ1n) is 5.97. The smallest absolute Gasteiger partial charge is 0.232 e. The number of benzene rings is 1. The van der Waals surface area contributed by atoms with Crippen molar-refractivity contribution in [2.75, 3.05) is 31.2 Å². The van der Waals surface area contributed by atoms with Crippen molar-refractivity contribution >= 4 is 31.6 Å². The number of anilines is 1. The minimum Gasteiger partial charge on any atom is -0.495 e. The first-order valence-corrected chi connectivity index (χ1v) is 8.41. The first kappa shape index (κ1) is 16.3. The van der Waals surface area contributed by atoms with Crippen LogP contribution in [0, 0.1) is 0 Å². The summed E-state index contributed by atoms with van der Waals surface area (Å²) in [5, 5.41) is 2.99. The van der Waals surface area contributed by atoms with Crippen molar-refractivity contribution in [1.29, 1.82) is 0 Å². The zero-order chi connectivity index (χ0) is 14.3. The molecule has 0 unspecified atom stereocenters. The summed E-state index contributed by atoms with van der Waals surface area (Å²) >= 11 is 3.31. The lowest BCUT2D eigenvalue weighted by atomic mass is 10.3. The van der Waals surface area contributed by atoms with E-state index in [1.54, 1.807) is 18.2 Å². The molecule has 5 nitrogen and oxygen atoms in total. The summed E-state index contributed by atoms with van der Waals surface area (Å²) in [7, 11) is 0.0112. The molecular weight excluding hydrogens is 332 g/mol. The van der Waals surface area contributed by atoms with E-state index >= 15 is 0 Å². The van der Waals surface area contributed by atoms with Gasteiger partial charge in [0, 0.05) is 4.47 Å². The number of rotatable bonds is 8. The fourth-order valence-electron chi connectivity index (χ4n) is 1.57. The van der Waals surface area contributed by atoms with E-state index in [0.29, 0.717) is 17.9 Å². The molecule has 7 heteroatoms. The van der Waals surface area contributed by atoms with E-state index in [2.05, 4.69) is 26.0 Å². The molecule has 0 saturated carbocycles. The van der Waals surface area contributed by atoms with Crippen LogP contribution in [0.5, 0.6) is 5.75 Å². The van der Waals surface area contributed by atoms with E-state index in [4.69, 9.17) is 4.74 Å². The highest BCUT2D eigenvalue weighted by Gasteiger charge is 2.13. The molecule has 2 N–H and O–H groups in total. The molecule has 1 rings (SSSR count). The predicted molar refractivity (Wildman–Crippen MR) is 81.3 cm³/mol. The standard InChI is InChI=1S/C12H19BrN2O3S/c1-14-7-3-4-8-19(16,17)15-11-9-10(13)5-6-12(11)18-2/h5-6,9,14-15H,3-4,7-8H2,1-2H3. The summed E-state index contributed by atoms with van der Waals surface area (Å²) in [4.78, 5) is 0. The lowest BCUT2D eigenvalue weighted by Crippen LogP contribution is -2.18. The molecule has 0 spiro atoms. The van der Waals surface area contributed by atoms with E-state index < -0.39 is 10.0 Å². The summed E-state index contributed by atoms with van der Waals surface area (Å²) in [5.41, 5.74) is 0.450. The van der Waals surface area contributed by atoms with Crippen molar-refractivity contribution in [2.24, 2.45) is 0 Å². The maximum absolute atomic E-state index is 11.9. The number of halogens is 1. The minimum absolute atomic E-state index is 0.102. The van der Waals surface area contributed by atoms with Gasteiger partial charge in [0.1, 0.15) is 5.75 Å². The number of ether oxygens (including phenoxy) is 1. The molecule has 0 fully saturated rings. The monoisotopic (exact) mass is 350 g/mol. The molecular formula is C12H19BrN2O3S. The number of methoxy groups -OCH3 is 1. The zero-order valence-corrected chi connectivity index (χ0v) is 13.5. The van der Waals surface area contributed by atoms with Gasteiger partial charge in [-0.1, -0.05) is 15.9 Å². The van der Waals surface area contributed by atoms with Crippen molar-refractivity contribution in [3.05, 3.63) is 22.7 Å². The van der Waals surface area contributed by atoms with Gasteiger partial charge in [0.25, 0.3) is 0 Å². The predicted octanol–water partition coefficient (Wildman–Crippen LogP) is 2.20. The fourth-order valence-corrected chi connectivity index (χ4v) is 3.11. The summed E-state index contributed by atoms with van der Waals surface area (Å²) in [6.45, 7) is 0.815. The molecule has 108 valence electrons. The largest absolute Gasteiger partial charge is 0.495 e. The van der Waals surface area contributed by atoms with Gasteiger partial charge < -0.3 is 10.1 Å². The normalized spacial score (nSPS) is 11.3. The van der Waals surface area contributed by atoms with Crippen molar-refractivity contribution in [3.63, 3.8) is 0 Å². The number of hydrogen-bond donors (Lipinski definition) is 2. The number of nitrogens with one attached hydrogen (secondary N) is 2. The first-order chi connectivity index (χ1) is 8.98. The van der Waals surface area contributed by atoms with Crippen molar-refractivity contribution in [3.8, 4) is 5.75 Å². The Hall–Kier alpha value is -0.790. The molecule has 0 aromatic heterocycles. The zero-order valence-electron chi connectivity index (χ0n) is 11.1. The van der Waals surface area contributed by atoms with Crippen LogP contribution in [0.3, 0.4) is 0 Å². The Morgan fingerprint density at radius 1 is 1.32 bits per heavy atom. The number of sulfonamides is 1. The third-order valence-electron chi connectivity index (χ3n) is 2.52. The van der Waals surface area contributed by atoms with Gasteiger partial charge >= 0.3 is 0 Å². The van der Waals surface area contributed by atoms with E-state index in [1.165, 1.54) is 7.11 Å². The molecule has 0 amide bonds. The molecule has 0 aliphatic carbocycles. The Morgan fingerprint density at radius 3 is 2.68 bits per heavy atom. The van der Waals surface area contributed by atoms with Crippen LogP contribution in [0.15, 0.2) is 22.7 Å². The Bertz CT molecular complexity index is 506. The number of unbranched alkanes of at least 4 members (excludes halogenated alkanes) is 1. The van der Waals surface area contributed by atoms with Crippen LogP contribution in [0.1, 0.15) is 12.8 Å². The second-order valence-electron chi connectivity index (χ2n) is 4.08. The van der Waals surface area contributed by atoms with Crippen LogP contribution in [0.4, 0.5) is 5.69 Å². The highest BCUT2D eigenvalue weighted by molar-refractivity contribution is 9.10. The molecule has 1 aromatic carbocycles. The molecule has 0 aliphatic heterocycles. The van der Waals surface area contributed by atoms with Gasteiger partial charge in [0.05, 0.1) is 18.6 Å². The minimum atomic E-state index is -3.34. The van der Waals surface area contributed by atoms with Gasteiger partial charge in [-0.25, -0.2) is 8.42 Å². The molecule has 0 aliphatic rings. The van der Waals surface area contributed by atoms with E-state index in [9.17, 15) is 8.42 Å². The molecule has 19 heavy (non-hydrogen) atoms. The average molecular weight is 351 g/mol. The molecule has 1 aromatic rings. The van der Waals surface area contributed by atoms with Crippen LogP contribution in [-0.2, 0) is 10.0 Å². The average Bonchev–Trinajstić information content (AvgIpc) is 2.34. The Balaban J connectivity index is 2.69. The SMILES string of the molecule is CNCCCCS(=O)(=O)Nc1cc(Br)ccc1OC. The lowest BCUT2D eigenvalue weighted by molar-refractivity contribution is 0.417. The Labute approximate surface area is 122 Å². The van der Waals surface area contributed by atoms with E-state index in [-0.39, 0.29) is 5.75 Å². The number of hydrogen-bond acceptors (Lipinski definition) is 4. The van der Waals surface area contributed by atoms with Crippen molar-refractivity contribution in [1.82, 2.24) is 5.32 Å². The van der Waals surface area contributed by atoms with Gasteiger partial charge in [-0.2, -0.15) is 0 Å². The van der Waals surface area contributed by atoms with Gasteiger partial charge in [-0.3, -0.25) is 4.72 Å². The molecule has 0 atom stereocenters. The summed E-state index contributed by atoms with van der Waals surface area (Å²) in [6.07, 6.45) is 1.44. The topological polar surface area (TPSA) is 67.4 Å². The summed E-state index contributed by atoms with van der Waals surface area (Å²) in [6, 6.07) is 5.19. The van der Waals surface area contributed by atoms with Crippen molar-refractivity contribution in [2.45, 2.75) is 12.8 Å².